The predicted molar refractivity (Wildman–Crippen MR) is 349 cm³/mol. The summed E-state index contributed by atoms with van der Waals surface area (Å²) in [4.78, 5) is 43.4. The Kier molecular flexibility index (Phi) is 30.0. The van der Waals surface area contributed by atoms with E-state index >= 15 is 9.59 Å². The lowest BCUT2D eigenvalue weighted by molar-refractivity contribution is -0.124. The number of nitrogens with zero attached hydrogens (tertiary/aromatic N) is 2. The van der Waals surface area contributed by atoms with Crippen molar-refractivity contribution in [2.45, 2.75) is 266 Å². The Morgan fingerprint density at radius 3 is 1.00 bits per heavy atom. The third-order valence-corrected chi connectivity index (χ3v) is 23.0. The van der Waals surface area contributed by atoms with Crippen molar-refractivity contribution in [3.8, 4) is 19.5 Å². The van der Waals surface area contributed by atoms with Gasteiger partial charge in [0.1, 0.15) is 0 Å². The molecule has 0 saturated carbocycles. The molecule has 2 unspecified atom stereocenters. The fourth-order valence-corrected chi connectivity index (χ4v) is 17.7. The van der Waals surface area contributed by atoms with E-state index in [-0.39, 0.29) is 11.8 Å². The molecule has 2 aliphatic rings. The second kappa shape index (κ2) is 35.9. The Hall–Kier alpha value is -1.82. The number of fused-ring (bicyclic) bond motifs is 1. The van der Waals surface area contributed by atoms with Crippen LogP contribution < -0.4 is 0 Å². The number of unbranched alkanes of at least 4 members (excludes halogenated alkanes) is 23. The van der Waals surface area contributed by atoms with E-state index in [1.807, 2.05) is 22.7 Å². The van der Waals surface area contributed by atoms with Gasteiger partial charge in [0.05, 0.1) is 39.9 Å². The Balaban J connectivity index is 1.45. The lowest BCUT2D eigenvalue weighted by atomic mass is 9.93. The second-order valence-electron chi connectivity index (χ2n) is 22.9. The molecule has 0 spiro atoms. The summed E-state index contributed by atoms with van der Waals surface area (Å²) in [6, 6.07) is 13.8. The zero-order valence-electron chi connectivity index (χ0n) is 48.9. The molecule has 0 aliphatic carbocycles. The molecule has 6 rings (SSSR count). The molecule has 428 valence electrons. The normalized spacial score (nSPS) is 14.6. The van der Waals surface area contributed by atoms with Crippen LogP contribution in [0.2, 0.25) is 0 Å². The maximum absolute atomic E-state index is 16.0. The SMILES string of the molecule is CCCCCCCCC(CCCCCC)CN1C(=O)C2=C(c3ccc(-c4cc(CCCCCCC)c(Br)s4)s3)N(CC(CCCCCC)CCCCCCCC)C(=O)C2=C1c1ccc(-c2cc(CCCCCC)c(Br)s2)s1. The number of carbonyl (C=O) groups is 2. The van der Waals surface area contributed by atoms with Crippen LogP contribution in [0.25, 0.3) is 30.9 Å². The second-order valence-corrected chi connectivity index (χ2v) is 29.9. The van der Waals surface area contributed by atoms with E-state index in [4.69, 9.17) is 0 Å². The summed E-state index contributed by atoms with van der Waals surface area (Å²) in [5.41, 5.74) is 5.86. The minimum absolute atomic E-state index is 0.0418. The van der Waals surface area contributed by atoms with Gasteiger partial charge in [-0.25, -0.2) is 0 Å². The summed E-state index contributed by atoms with van der Waals surface area (Å²) in [7, 11) is 0. The minimum Gasteiger partial charge on any atom is -0.306 e. The molecule has 4 nitrogen and oxygen atoms in total. The van der Waals surface area contributed by atoms with Gasteiger partial charge in [-0.1, -0.05) is 215 Å². The highest BCUT2D eigenvalue weighted by Gasteiger charge is 2.50. The highest BCUT2D eigenvalue weighted by atomic mass is 79.9. The Labute approximate surface area is 502 Å². The van der Waals surface area contributed by atoms with E-state index in [9.17, 15) is 0 Å². The van der Waals surface area contributed by atoms with Gasteiger partial charge in [-0.3, -0.25) is 9.59 Å². The molecule has 0 N–H and O–H groups in total. The number of thiophene rings is 4. The van der Waals surface area contributed by atoms with Crippen molar-refractivity contribution in [1.29, 1.82) is 0 Å². The molecule has 6 heterocycles. The highest BCUT2D eigenvalue weighted by molar-refractivity contribution is 9.11. The van der Waals surface area contributed by atoms with Gasteiger partial charge in [0.15, 0.2) is 0 Å². The number of hydrogen-bond donors (Lipinski definition) is 0. The molecular weight excluding hydrogens is 1150 g/mol. The smallest absolute Gasteiger partial charge is 0.261 e. The zero-order valence-corrected chi connectivity index (χ0v) is 55.3. The first-order valence-electron chi connectivity index (χ1n) is 31.6. The van der Waals surface area contributed by atoms with Crippen LogP contribution >= 0.6 is 77.2 Å². The molecule has 2 amide bonds. The number of rotatable bonds is 43. The van der Waals surface area contributed by atoms with Crippen molar-refractivity contribution in [3.63, 3.8) is 0 Å². The monoisotopic (exact) mass is 1250 g/mol. The molecule has 0 bridgehead atoms. The fraction of sp³-hybridized carbons (Fsp3) is 0.672. The van der Waals surface area contributed by atoms with E-state index in [2.05, 4.69) is 120 Å². The van der Waals surface area contributed by atoms with Crippen molar-refractivity contribution < 1.29 is 9.59 Å². The Bertz CT molecular complexity index is 2420. The van der Waals surface area contributed by atoms with Crippen molar-refractivity contribution in [1.82, 2.24) is 9.80 Å². The van der Waals surface area contributed by atoms with E-state index in [0.29, 0.717) is 36.1 Å². The first-order valence-corrected chi connectivity index (χ1v) is 36.4. The number of hydrogen-bond acceptors (Lipinski definition) is 6. The molecule has 4 aromatic heterocycles. The number of amides is 2. The molecule has 0 saturated heterocycles. The highest BCUT2D eigenvalue weighted by Crippen LogP contribution is 2.52. The summed E-state index contributed by atoms with van der Waals surface area (Å²) >= 11 is 15.2. The molecule has 2 atom stereocenters. The summed E-state index contributed by atoms with van der Waals surface area (Å²) in [6.45, 7) is 15.1. The van der Waals surface area contributed by atoms with Crippen LogP contribution in [0.15, 0.2) is 55.1 Å². The quantitative estimate of drug-likeness (QED) is 0.0415. The topological polar surface area (TPSA) is 40.6 Å². The van der Waals surface area contributed by atoms with Crippen LogP contribution in [0.3, 0.4) is 0 Å². The summed E-state index contributed by atoms with van der Waals surface area (Å²) in [5.74, 6) is 0.844. The third-order valence-electron chi connectivity index (χ3n) is 16.5. The molecule has 0 aromatic carbocycles. The van der Waals surface area contributed by atoms with Gasteiger partial charge >= 0.3 is 0 Å². The number of halogens is 2. The zero-order chi connectivity index (χ0) is 54.8. The average Bonchev–Trinajstić information content (AvgIpc) is 4.43. The molecule has 0 radical (unpaired) electrons. The van der Waals surface area contributed by atoms with Crippen molar-refractivity contribution in [2.75, 3.05) is 13.1 Å². The first kappa shape index (κ1) is 64.3. The number of aryl methyl sites for hydroxylation is 2. The average molecular weight is 1250 g/mol. The number of carbonyl (C=O) groups excluding carboxylic acids is 2. The maximum atomic E-state index is 16.0. The van der Waals surface area contributed by atoms with Crippen molar-refractivity contribution >= 4 is 100 Å². The summed E-state index contributed by atoms with van der Waals surface area (Å²) in [5, 5.41) is 0. The molecule has 4 aromatic rings. The van der Waals surface area contributed by atoms with Crippen molar-refractivity contribution in [2.24, 2.45) is 11.8 Å². The third kappa shape index (κ3) is 19.4. The molecule has 77 heavy (non-hydrogen) atoms. The van der Waals surface area contributed by atoms with Gasteiger partial charge in [0.25, 0.3) is 11.8 Å². The van der Waals surface area contributed by atoms with Gasteiger partial charge in [-0.2, -0.15) is 0 Å². The maximum Gasteiger partial charge on any atom is 0.261 e. The van der Waals surface area contributed by atoms with Crippen LogP contribution in [0.5, 0.6) is 0 Å². The lowest BCUT2D eigenvalue weighted by Gasteiger charge is -2.29. The largest absolute Gasteiger partial charge is 0.306 e. The van der Waals surface area contributed by atoms with E-state index < -0.39 is 0 Å². The van der Waals surface area contributed by atoms with Gasteiger partial charge in [0.2, 0.25) is 0 Å². The van der Waals surface area contributed by atoms with Crippen LogP contribution in [0.1, 0.15) is 274 Å². The Morgan fingerprint density at radius 1 is 0.364 bits per heavy atom. The molecular formula is C67H100Br2N2O2S4. The van der Waals surface area contributed by atoms with Gasteiger partial charge in [0, 0.05) is 32.6 Å². The standard InChI is InChI=1S/C67H100Br2N2O2S4/c1-7-13-19-25-28-32-38-50(36-30-22-16-10-4)48-70-62(56-44-42-54(74-56)58-46-52(64(68)76-58)40-34-24-18-12-6)60-61(67(70)73)63(57-45-43-55(75-57)59-47-53(65(69)77-59)41-35-27-21-15-9-3)71(66(60)72)49-51(37-31-23-17-11-5)39-33-29-26-20-14-8-2/h42-47,50-51H,7-41,48-49H2,1-6H3. The lowest BCUT2D eigenvalue weighted by Crippen LogP contribution is -2.34. The molecule has 2 aliphatic heterocycles. The van der Waals surface area contributed by atoms with Gasteiger partial charge < -0.3 is 9.80 Å². The van der Waals surface area contributed by atoms with Gasteiger partial charge in [-0.05, 0) is 143 Å². The fourth-order valence-electron chi connectivity index (χ4n) is 11.8. The summed E-state index contributed by atoms with van der Waals surface area (Å²) < 4.78 is 2.46. The summed E-state index contributed by atoms with van der Waals surface area (Å²) in [6.07, 6.45) is 43.0. The van der Waals surface area contributed by atoms with Crippen LogP contribution in [-0.2, 0) is 22.4 Å². The first-order chi connectivity index (χ1) is 37.7. The Morgan fingerprint density at radius 2 is 0.649 bits per heavy atom. The van der Waals surface area contributed by atoms with Crippen LogP contribution in [0.4, 0.5) is 0 Å². The minimum atomic E-state index is 0.0418. The molecule has 10 heteroatoms. The van der Waals surface area contributed by atoms with E-state index in [1.54, 1.807) is 22.7 Å². The van der Waals surface area contributed by atoms with E-state index in [0.717, 1.165) is 59.7 Å². The van der Waals surface area contributed by atoms with Crippen LogP contribution in [0, 0.1) is 11.8 Å². The predicted octanol–water partition coefficient (Wildman–Crippen LogP) is 23.9. The van der Waals surface area contributed by atoms with E-state index in [1.165, 1.54) is 224 Å². The van der Waals surface area contributed by atoms with Crippen LogP contribution in [-0.4, -0.2) is 34.7 Å². The molecule has 0 fully saturated rings. The van der Waals surface area contributed by atoms with Crippen molar-refractivity contribution in [3.05, 3.63) is 76.0 Å². The van der Waals surface area contributed by atoms with Gasteiger partial charge in [-0.15, -0.1) is 45.3 Å².